The van der Waals surface area contributed by atoms with Gasteiger partial charge in [-0.3, -0.25) is 4.79 Å². The number of amides is 1. The Bertz CT molecular complexity index is 713. The standard InChI is InChI=1S/C20H22N2O2S/c21-13-17-7-5-16(6-8-17)9-10-20(23)22(14-18-3-1-11-24-18)15-19-4-2-12-25-19/h2,4-8,12,18H,1,3,9-11,14-15H2. The van der Waals surface area contributed by atoms with E-state index in [1.54, 1.807) is 23.5 Å². The lowest BCUT2D eigenvalue weighted by Gasteiger charge is -2.25. The normalized spacial score (nSPS) is 16.5. The van der Waals surface area contributed by atoms with Crippen LogP contribution in [0.1, 0.15) is 35.3 Å². The maximum absolute atomic E-state index is 12.8. The lowest BCUT2D eigenvalue weighted by molar-refractivity contribution is -0.133. The second kappa shape index (κ2) is 8.80. The first-order chi connectivity index (χ1) is 12.2. The number of hydrogen-bond acceptors (Lipinski definition) is 4. The van der Waals surface area contributed by atoms with Crippen LogP contribution < -0.4 is 0 Å². The van der Waals surface area contributed by atoms with Crippen molar-refractivity contribution in [2.24, 2.45) is 0 Å². The van der Waals surface area contributed by atoms with E-state index in [0.29, 0.717) is 31.5 Å². The minimum absolute atomic E-state index is 0.160. The minimum Gasteiger partial charge on any atom is -0.376 e. The molecule has 1 fully saturated rings. The predicted molar refractivity (Wildman–Crippen MR) is 98.2 cm³/mol. The first kappa shape index (κ1) is 17.7. The van der Waals surface area contributed by atoms with Gasteiger partial charge in [-0.1, -0.05) is 18.2 Å². The molecule has 1 aliphatic heterocycles. The van der Waals surface area contributed by atoms with Crippen LogP contribution in [0.5, 0.6) is 0 Å². The molecule has 4 nitrogen and oxygen atoms in total. The Hall–Kier alpha value is -2.16. The molecule has 1 aromatic heterocycles. The number of nitrogens with zero attached hydrogens (tertiary/aromatic N) is 2. The number of hydrogen-bond donors (Lipinski definition) is 0. The molecule has 2 heterocycles. The summed E-state index contributed by atoms with van der Waals surface area (Å²) in [4.78, 5) is 15.9. The Morgan fingerprint density at radius 3 is 2.80 bits per heavy atom. The van der Waals surface area contributed by atoms with E-state index in [1.165, 1.54) is 4.88 Å². The molecule has 0 saturated carbocycles. The van der Waals surface area contributed by atoms with E-state index < -0.39 is 0 Å². The van der Waals surface area contributed by atoms with Crippen molar-refractivity contribution >= 4 is 17.2 Å². The molecule has 1 saturated heterocycles. The van der Waals surface area contributed by atoms with E-state index in [9.17, 15) is 4.79 Å². The molecule has 0 spiro atoms. The molecule has 0 N–H and O–H groups in total. The quantitative estimate of drug-likeness (QED) is 0.761. The summed E-state index contributed by atoms with van der Waals surface area (Å²) in [6, 6.07) is 13.7. The highest BCUT2D eigenvalue weighted by Gasteiger charge is 2.22. The van der Waals surface area contributed by atoms with Crippen molar-refractivity contribution in [1.82, 2.24) is 4.90 Å². The predicted octanol–water partition coefficient (Wildman–Crippen LogP) is 3.76. The van der Waals surface area contributed by atoms with Gasteiger partial charge in [-0.2, -0.15) is 5.26 Å². The van der Waals surface area contributed by atoms with Crippen LogP contribution in [-0.4, -0.2) is 30.1 Å². The smallest absolute Gasteiger partial charge is 0.223 e. The maximum Gasteiger partial charge on any atom is 0.223 e. The van der Waals surface area contributed by atoms with Gasteiger partial charge in [0.1, 0.15) is 0 Å². The second-order valence-corrected chi connectivity index (χ2v) is 7.33. The number of rotatable bonds is 7. The highest BCUT2D eigenvalue weighted by Crippen LogP contribution is 2.18. The molecule has 130 valence electrons. The Balaban J connectivity index is 1.59. The summed E-state index contributed by atoms with van der Waals surface area (Å²) in [5, 5.41) is 10.9. The zero-order valence-electron chi connectivity index (χ0n) is 14.2. The minimum atomic E-state index is 0.160. The zero-order valence-corrected chi connectivity index (χ0v) is 15.0. The largest absolute Gasteiger partial charge is 0.376 e. The number of carbonyl (C=O) groups is 1. The first-order valence-corrected chi connectivity index (χ1v) is 9.53. The number of benzene rings is 1. The van der Waals surface area contributed by atoms with E-state index in [0.717, 1.165) is 25.0 Å². The third-order valence-electron chi connectivity index (χ3n) is 4.44. The number of ether oxygens (including phenoxy) is 1. The van der Waals surface area contributed by atoms with Gasteiger partial charge in [0.15, 0.2) is 0 Å². The summed E-state index contributed by atoms with van der Waals surface area (Å²) in [6.45, 7) is 2.13. The first-order valence-electron chi connectivity index (χ1n) is 8.65. The van der Waals surface area contributed by atoms with Gasteiger partial charge in [0.25, 0.3) is 0 Å². The summed E-state index contributed by atoms with van der Waals surface area (Å²) in [6.07, 6.45) is 3.45. The summed E-state index contributed by atoms with van der Waals surface area (Å²) < 4.78 is 5.72. The molecule has 0 aliphatic carbocycles. The molecule has 25 heavy (non-hydrogen) atoms. The van der Waals surface area contributed by atoms with Crippen molar-refractivity contribution in [1.29, 1.82) is 5.26 Å². The SMILES string of the molecule is N#Cc1ccc(CCC(=O)N(Cc2cccs2)CC2CCCO2)cc1. The van der Waals surface area contributed by atoms with Crippen LogP contribution >= 0.6 is 11.3 Å². The molecular formula is C20H22N2O2S. The van der Waals surface area contributed by atoms with Crippen LogP contribution in [0.4, 0.5) is 0 Å². The average molecular weight is 354 g/mol. The van der Waals surface area contributed by atoms with E-state index in [1.807, 2.05) is 28.5 Å². The van der Waals surface area contributed by atoms with E-state index >= 15 is 0 Å². The molecule has 5 heteroatoms. The number of thiophene rings is 1. The number of aryl methyl sites for hydroxylation is 1. The monoisotopic (exact) mass is 354 g/mol. The molecule has 0 bridgehead atoms. The van der Waals surface area contributed by atoms with Crippen molar-refractivity contribution in [3.8, 4) is 6.07 Å². The highest BCUT2D eigenvalue weighted by molar-refractivity contribution is 7.09. The van der Waals surface area contributed by atoms with Crippen LogP contribution in [0.15, 0.2) is 41.8 Å². The van der Waals surface area contributed by atoms with Gasteiger partial charge in [0, 0.05) is 24.4 Å². The summed E-state index contributed by atoms with van der Waals surface area (Å²) in [7, 11) is 0. The Kier molecular flexibility index (Phi) is 6.21. The summed E-state index contributed by atoms with van der Waals surface area (Å²) in [5.74, 6) is 0.160. The molecule has 1 atom stereocenters. The summed E-state index contributed by atoms with van der Waals surface area (Å²) in [5.41, 5.74) is 1.73. The van der Waals surface area contributed by atoms with Gasteiger partial charge in [0.05, 0.1) is 24.3 Å². The van der Waals surface area contributed by atoms with E-state index in [4.69, 9.17) is 10.00 Å². The second-order valence-electron chi connectivity index (χ2n) is 6.30. The molecule has 1 unspecified atom stereocenters. The van der Waals surface area contributed by atoms with E-state index in [-0.39, 0.29) is 12.0 Å². The topological polar surface area (TPSA) is 53.3 Å². The van der Waals surface area contributed by atoms with E-state index in [2.05, 4.69) is 12.1 Å². The lowest BCUT2D eigenvalue weighted by Crippen LogP contribution is -2.36. The van der Waals surface area contributed by atoms with Crippen LogP contribution in [-0.2, 0) is 22.5 Å². The van der Waals surface area contributed by atoms with Gasteiger partial charge in [-0.25, -0.2) is 0 Å². The fourth-order valence-corrected chi connectivity index (χ4v) is 3.75. The zero-order chi connectivity index (χ0) is 17.5. The maximum atomic E-state index is 12.8. The Labute approximate surface area is 152 Å². The van der Waals surface area contributed by atoms with Crippen LogP contribution in [0.25, 0.3) is 0 Å². The Morgan fingerprint density at radius 1 is 1.32 bits per heavy atom. The lowest BCUT2D eigenvalue weighted by atomic mass is 10.1. The summed E-state index contributed by atoms with van der Waals surface area (Å²) >= 11 is 1.68. The van der Waals surface area contributed by atoms with Crippen LogP contribution in [0.2, 0.25) is 0 Å². The molecule has 2 aromatic rings. The van der Waals surface area contributed by atoms with Gasteiger partial charge < -0.3 is 9.64 Å². The average Bonchev–Trinajstić information content (AvgIpc) is 3.33. The Morgan fingerprint density at radius 2 is 2.16 bits per heavy atom. The van der Waals surface area contributed by atoms with Crippen molar-refractivity contribution < 1.29 is 9.53 Å². The van der Waals surface area contributed by atoms with Crippen molar-refractivity contribution in [3.63, 3.8) is 0 Å². The van der Waals surface area contributed by atoms with Gasteiger partial charge in [0.2, 0.25) is 5.91 Å². The van der Waals surface area contributed by atoms with Gasteiger partial charge in [-0.15, -0.1) is 11.3 Å². The number of carbonyl (C=O) groups excluding carboxylic acids is 1. The van der Waals surface area contributed by atoms with Crippen LogP contribution in [0.3, 0.4) is 0 Å². The van der Waals surface area contributed by atoms with Gasteiger partial charge >= 0.3 is 0 Å². The molecular weight excluding hydrogens is 332 g/mol. The molecule has 1 aromatic carbocycles. The van der Waals surface area contributed by atoms with Crippen molar-refractivity contribution in [2.75, 3.05) is 13.2 Å². The molecule has 1 amide bonds. The molecule has 0 radical (unpaired) electrons. The van der Waals surface area contributed by atoms with Crippen LogP contribution in [0, 0.1) is 11.3 Å². The van der Waals surface area contributed by atoms with Crippen molar-refractivity contribution in [2.45, 2.75) is 38.3 Å². The van der Waals surface area contributed by atoms with Crippen molar-refractivity contribution in [3.05, 3.63) is 57.8 Å². The third kappa shape index (κ3) is 5.15. The third-order valence-corrected chi connectivity index (χ3v) is 5.30. The highest BCUT2D eigenvalue weighted by atomic mass is 32.1. The molecule has 1 aliphatic rings. The molecule has 3 rings (SSSR count). The van der Waals surface area contributed by atoms with Gasteiger partial charge in [-0.05, 0) is 48.4 Å². The number of nitriles is 1. The fourth-order valence-electron chi connectivity index (χ4n) is 3.03. The fraction of sp³-hybridized carbons (Fsp3) is 0.400.